The fourth-order valence-corrected chi connectivity index (χ4v) is 3.75. The maximum Gasteiger partial charge on any atom is -0.00158 e. The Bertz CT molecular complexity index is 584. The summed E-state index contributed by atoms with van der Waals surface area (Å²) >= 11 is 0. The quantitative estimate of drug-likeness (QED) is 0.504. The smallest absolute Gasteiger partial charge is 0.00158 e. The summed E-state index contributed by atoms with van der Waals surface area (Å²) in [6, 6.07) is 14.1. The van der Waals surface area contributed by atoms with Crippen LogP contribution in [0.25, 0.3) is 10.8 Å². The molecule has 0 heterocycles. The van der Waals surface area contributed by atoms with Gasteiger partial charge < -0.3 is 9.80 Å². The van der Waals surface area contributed by atoms with Gasteiger partial charge in [0.1, 0.15) is 0 Å². The van der Waals surface area contributed by atoms with Crippen molar-refractivity contribution >= 4 is 10.8 Å². The van der Waals surface area contributed by atoms with Crippen LogP contribution in [0.5, 0.6) is 0 Å². The molecular formula is C24H38N2. The standard InChI is InChI=1S/C24H38N2/c1-5-25(6-2)17-9-11-21-13-15-24-20-22(14-16-23(24)19-21)12-10-18-26(7-3)8-4/h13-16,19-20H,5-12,17-18H2,1-4H3. The van der Waals surface area contributed by atoms with Crippen LogP contribution in [0.2, 0.25) is 0 Å². The summed E-state index contributed by atoms with van der Waals surface area (Å²) in [6.45, 7) is 16.0. The van der Waals surface area contributed by atoms with E-state index in [1.165, 1.54) is 60.7 Å². The molecule has 2 aromatic carbocycles. The summed E-state index contributed by atoms with van der Waals surface area (Å²) in [4.78, 5) is 5.01. The topological polar surface area (TPSA) is 6.48 Å². The van der Waals surface area contributed by atoms with Crippen LogP contribution >= 0.6 is 0 Å². The Kier molecular flexibility index (Phi) is 9.14. The molecule has 0 amide bonds. The van der Waals surface area contributed by atoms with Gasteiger partial charge in [-0.15, -0.1) is 0 Å². The molecule has 0 aliphatic rings. The van der Waals surface area contributed by atoms with Gasteiger partial charge in [-0.05, 0) is 86.9 Å². The van der Waals surface area contributed by atoms with Gasteiger partial charge in [-0.2, -0.15) is 0 Å². The highest BCUT2D eigenvalue weighted by Crippen LogP contribution is 2.20. The minimum atomic E-state index is 1.16. The Morgan fingerprint density at radius 3 is 1.31 bits per heavy atom. The largest absolute Gasteiger partial charge is 0.304 e. The van der Waals surface area contributed by atoms with Crippen LogP contribution in [-0.4, -0.2) is 49.1 Å². The highest BCUT2D eigenvalue weighted by molar-refractivity contribution is 5.83. The second kappa shape index (κ2) is 11.4. The highest BCUT2D eigenvalue weighted by Gasteiger charge is 2.03. The van der Waals surface area contributed by atoms with Crippen molar-refractivity contribution in [3.63, 3.8) is 0 Å². The van der Waals surface area contributed by atoms with E-state index in [0.717, 1.165) is 26.2 Å². The lowest BCUT2D eigenvalue weighted by Crippen LogP contribution is -2.24. The van der Waals surface area contributed by atoms with E-state index in [1.54, 1.807) is 0 Å². The molecule has 0 spiro atoms. The van der Waals surface area contributed by atoms with Crippen LogP contribution < -0.4 is 0 Å². The number of benzene rings is 2. The molecule has 0 aliphatic heterocycles. The molecule has 0 bridgehead atoms. The van der Waals surface area contributed by atoms with Crippen LogP contribution in [-0.2, 0) is 12.8 Å². The molecule has 0 saturated heterocycles. The number of aryl methyl sites for hydroxylation is 2. The van der Waals surface area contributed by atoms with E-state index in [2.05, 4.69) is 73.9 Å². The molecule has 144 valence electrons. The molecular weight excluding hydrogens is 316 g/mol. The number of hydrogen-bond donors (Lipinski definition) is 0. The Hall–Kier alpha value is -1.38. The van der Waals surface area contributed by atoms with Gasteiger partial charge in [-0.25, -0.2) is 0 Å². The molecule has 2 rings (SSSR count). The molecule has 0 aliphatic carbocycles. The SMILES string of the molecule is CCN(CC)CCCc1ccc2cc(CCCN(CC)CC)ccc2c1. The van der Waals surface area contributed by atoms with E-state index in [-0.39, 0.29) is 0 Å². The summed E-state index contributed by atoms with van der Waals surface area (Å²) in [6.07, 6.45) is 4.85. The molecule has 0 fully saturated rings. The van der Waals surface area contributed by atoms with Crippen LogP contribution in [0, 0.1) is 0 Å². The van der Waals surface area contributed by atoms with Crippen molar-refractivity contribution in [2.24, 2.45) is 0 Å². The van der Waals surface area contributed by atoms with Gasteiger partial charge in [-0.1, -0.05) is 64.1 Å². The van der Waals surface area contributed by atoms with Gasteiger partial charge in [0.15, 0.2) is 0 Å². The fourth-order valence-electron chi connectivity index (χ4n) is 3.75. The van der Waals surface area contributed by atoms with Gasteiger partial charge in [0.05, 0.1) is 0 Å². The van der Waals surface area contributed by atoms with Gasteiger partial charge in [0, 0.05) is 0 Å². The molecule has 2 heteroatoms. The van der Waals surface area contributed by atoms with Crippen molar-refractivity contribution in [2.75, 3.05) is 39.3 Å². The fraction of sp³-hybridized carbons (Fsp3) is 0.583. The summed E-state index contributed by atoms with van der Waals surface area (Å²) in [5.74, 6) is 0. The van der Waals surface area contributed by atoms with Gasteiger partial charge in [0.25, 0.3) is 0 Å². The minimum absolute atomic E-state index is 1.16. The van der Waals surface area contributed by atoms with Crippen molar-refractivity contribution in [1.29, 1.82) is 0 Å². The summed E-state index contributed by atoms with van der Waals surface area (Å²) in [5.41, 5.74) is 2.94. The van der Waals surface area contributed by atoms with E-state index >= 15 is 0 Å². The van der Waals surface area contributed by atoms with Gasteiger partial charge >= 0.3 is 0 Å². The molecule has 0 aromatic heterocycles. The van der Waals surface area contributed by atoms with Crippen molar-refractivity contribution in [3.05, 3.63) is 47.5 Å². The van der Waals surface area contributed by atoms with E-state index < -0.39 is 0 Å². The van der Waals surface area contributed by atoms with E-state index in [9.17, 15) is 0 Å². The van der Waals surface area contributed by atoms with Crippen LogP contribution in [0.1, 0.15) is 51.7 Å². The zero-order chi connectivity index (χ0) is 18.8. The van der Waals surface area contributed by atoms with E-state index in [0.29, 0.717) is 0 Å². The first-order chi connectivity index (χ1) is 12.7. The van der Waals surface area contributed by atoms with Crippen molar-refractivity contribution in [1.82, 2.24) is 9.80 Å². The zero-order valence-electron chi connectivity index (χ0n) is 17.4. The highest BCUT2D eigenvalue weighted by atomic mass is 15.1. The molecule has 0 unspecified atom stereocenters. The maximum atomic E-state index is 2.51. The first-order valence-electron chi connectivity index (χ1n) is 10.7. The summed E-state index contributed by atoms with van der Waals surface area (Å²) in [5, 5.41) is 2.77. The number of hydrogen-bond acceptors (Lipinski definition) is 2. The van der Waals surface area contributed by atoms with Crippen LogP contribution in [0.4, 0.5) is 0 Å². The first kappa shape index (κ1) is 20.9. The monoisotopic (exact) mass is 354 g/mol. The minimum Gasteiger partial charge on any atom is -0.304 e. The molecule has 0 N–H and O–H groups in total. The first-order valence-corrected chi connectivity index (χ1v) is 10.7. The number of nitrogens with zero attached hydrogens (tertiary/aromatic N) is 2. The van der Waals surface area contributed by atoms with Crippen molar-refractivity contribution < 1.29 is 0 Å². The molecule has 0 atom stereocenters. The molecule has 0 saturated carbocycles. The van der Waals surface area contributed by atoms with Crippen LogP contribution in [0.15, 0.2) is 36.4 Å². The third-order valence-corrected chi connectivity index (χ3v) is 5.64. The maximum absolute atomic E-state index is 2.51. The lowest BCUT2D eigenvalue weighted by atomic mass is 10.00. The number of fused-ring (bicyclic) bond motifs is 1. The molecule has 0 radical (unpaired) electrons. The average Bonchev–Trinajstić information content (AvgIpc) is 2.68. The lowest BCUT2D eigenvalue weighted by Gasteiger charge is -2.18. The zero-order valence-corrected chi connectivity index (χ0v) is 17.4. The Labute approximate surface area is 161 Å². The molecule has 2 nitrogen and oxygen atoms in total. The Balaban J connectivity index is 1.90. The van der Waals surface area contributed by atoms with Crippen molar-refractivity contribution in [2.45, 2.75) is 53.4 Å². The second-order valence-corrected chi connectivity index (χ2v) is 7.28. The Morgan fingerprint density at radius 2 is 0.962 bits per heavy atom. The predicted octanol–water partition coefficient (Wildman–Crippen LogP) is 5.39. The average molecular weight is 355 g/mol. The summed E-state index contributed by atoms with van der Waals surface area (Å²) in [7, 11) is 0. The Morgan fingerprint density at radius 1 is 0.577 bits per heavy atom. The number of rotatable bonds is 12. The van der Waals surface area contributed by atoms with E-state index in [4.69, 9.17) is 0 Å². The summed E-state index contributed by atoms with van der Waals surface area (Å²) < 4.78 is 0. The van der Waals surface area contributed by atoms with Crippen molar-refractivity contribution in [3.8, 4) is 0 Å². The normalized spacial score (nSPS) is 11.8. The third-order valence-electron chi connectivity index (χ3n) is 5.64. The lowest BCUT2D eigenvalue weighted by molar-refractivity contribution is 0.300. The van der Waals surface area contributed by atoms with Gasteiger partial charge in [0.2, 0.25) is 0 Å². The van der Waals surface area contributed by atoms with E-state index in [1.807, 2.05) is 0 Å². The van der Waals surface area contributed by atoms with Gasteiger partial charge in [-0.3, -0.25) is 0 Å². The third kappa shape index (κ3) is 6.41. The molecule has 2 aromatic rings. The second-order valence-electron chi connectivity index (χ2n) is 7.28. The predicted molar refractivity (Wildman–Crippen MR) is 116 cm³/mol. The van der Waals surface area contributed by atoms with Crippen LogP contribution in [0.3, 0.4) is 0 Å². The molecule has 26 heavy (non-hydrogen) atoms.